The van der Waals surface area contributed by atoms with Crippen LogP contribution in [0.1, 0.15) is 43.5 Å². The molecule has 128 valence electrons. The third-order valence-corrected chi connectivity index (χ3v) is 3.13. The highest BCUT2D eigenvalue weighted by Crippen LogP contribution is 2.11. The van der Waals surface area contributed by atoms with Crippen molar-refractivity contribution >= 4 is 36.5 Å². The van der Waals surface area contributed by atoms with E-state index in [1.165, 1.54) is 0 Å². The van der Waals surface area contributed by atoms with Crippen molar-refractivity contribution in [3.8, 4) is 0 Å². The quantitative estimate of drug-likeness (QED) is 0.671. The second kappa shape index (κ2) is 13.6. The summed E-state index contributed by atoms with van der Waals surface area (Å²) in [5, 5.41) is 2.87. The number of hydrogen-bond acceptors (Lipinski definition) is 4. The fourth-order valence-electron chi connectivity index (χ4n) is 1.99. The van der Waals surface area contributed by atoms with Crippen LogP contribution in [0.4, 0.5) is 5.82 Å². The van der Waals surface area contributed by atoms with Gasteiger partial charge in [0.25, 0.3) is 5.91 Å². The number of carbonyl (C=O) groups is 1. The number of hydrogen-bond donors (Lipinski definition) is 2. The summed E-state index contributed by atoms with van der Waals surface area (Å²) in [6.45, 7) is 7.48. The van der Waals surface area contributed by atoms with Gasteiger partial charge < -0.3 is 16.0 Å². The Balaban J connectivity index is 0. The van der Waals surface area contributed by atoms with Gasteiger partial charge in [-0.2, -0.15) is 0 Å². The third kappa shape index (κ3) is 7.82. The van der Waals surface area contributed by atoms with Crippen LogP contribution in [0.15, 0.2) is 18.3 Å². The maximum atomic E-state index is 11.9. The van der Waals surface area contributed by atoms with E-state index >= 15 is 0 Å². The molecule has 22 heavy (non-hydrogen) atoms. The molecule has 1 aromatic heterocycles. The van der Waals surface area contributed by atoms with Gasteiger partial charge in [0.2, 0.25) is 0 Å². The van der Waals surface area contributed by atoms with Gasteiger partial charge in [-0.15, -0.1) is 24.8 Å². The highest BCUT2D eigenvalue weighted by atomic mass is 35.5. The zero-order valence-corrected chi connectivity index (χ0v) is 15.0. The van der Waals surface area contributed by atoms with E-state index in [9.17, 15) is 4.79 Å². The van der Waals surface area contributed by atoms with E-state index in [2.05, 4.69) is 29.0 Å². The minimum absolute atomic E-state index is 0. The topological polar surface area (TPSA) is 71.2 Å². The number of nitrogens with zero attached hydrogens (tertiary/aromatic N) is 2. The Morgan fingerprint density at radius 2 is 2.00 bits per heavy atom. The Labute approximate surface area is 145 Å². The molecule has 0 bridgehead atoms. The molecule has 1 heterocycles. The number of carbonyl (C=O) groups excluding carboxylic acids is 1. The van der Waals surface area contributed by atoms with Crippen LogP contribution < -0.4 is 16.0 Å². The van der Waals surface area contributed by atoms with Crippen LogP contribution in [0.25, 0.3) is 0 Å². The summed E-state index contributed by atoms with van der Waals surface area (Å²) in [4.78, 5) is 18.5. The van der Waals surface area contributed by atoms with Gasteiger partial charge in [0, 0.05) is 25.8 Å². The lowest BCUT2D eigenvalue weighted by Gasteiger charge is -2.21. The van der Waals surface area contributed by atoms with Crippen LogP contribution in [0.3, 0.4) is 0 Å². The number of nitrogens with two attached hydrogens (primary N) is 1. The van der Waals surface area contributed by atoms with Gasteiger partial charge in [-0.05, 0) is 44.9 Å². The number of aromatic nitrogens is 1. The Morgan fingerprint density at radius 1 is 1.27 bits per heavy atom. The van der Waals surface area contributed by atoms with E-state index in [1.807, 2.05) is 12.1 Å². The van der Waals surface area contributed by atoms with E-state index < -0.39 is 0 Å². The number of amides is 1. The molecule has 0 atom stereocenters. The van der Waals surface area contributed by atoms with Crippen molar-refractivity contribution in [2.75, 3.05) is 31.1 Å². The molecular weight excluding hydrogens is 323 g/mol. The molecule has 0 unspecified atom stereocenters. The molecule has 3 N–H and O–H groups in total. The third-order valence-electron chi connectivity index (χ3n) is 3.13. The lowest BCUT2D eigenvalue weighted by molar-refractivity contribution is 0.0952. The number of anilines is 1. The molecule has 0 spiro atoms. The number of halogens is 2. The van der Waals surface area contributed by atoms with Crippen molar-refractivity contribution in [3.05, 3.63) is 23.9 Å². The van der Waals surface area contributed by atoms with E-state index in [0.29, 0.717) is 18.7 Å². The van der Waals surface area contributed by atoms with Crippen LogP contribution in [0.5, 0.6) is 0 Å². The molecule has 0 saturated heterocycles. The smallest absolute Gasteiger partial charge is 0.252 e. The van der Waals surface area contributed by atoms with E-state index in [0.717, 1.165) is 38.2 Å². The van der Waals surface area contributed by atoms with Gasteiger partial charge in [-0.25, -0.2) is 4.98 Å². The van der Waals surface area contributed by atoms with Crippen molar-refractivity contribution < 1.29 is 4.79 Å². The normalized spacial score (nSPS) is 9.41. The lowest BCUT2D eigenvalue weighted by Crippen LogP contribution is -2.26. The highest BCUT2D eigenvalue weighted by Gasteiger charge is 2.08. The minimum Gasteiger partial charge on any atom is -0.357 e. The molecule has 0 aliphatic rings. The van der Waals surface area contributed by atoms with Gasteiger partial charge in [-0.1, -0.05) is 6.92 Å². The molecular formula is C15H28Cl2N4O. The van der Waals surface area contributed by atoms with Gasteiger partial charge in [0.1, 0.15) is 5.82 Å². The van der Waals surface area contributed by atoms with Crippen molar-refractivity contribution in [2.24, 2.45) is 5.73 Å². The highest BCUT2D eigenvalue weighted by molar-refractivity contribution is 5.94. The molecule has 1 rings (SSSR count). The van der Waals surface area contributed by atoms with Gasteiger partial charge in [0.05, 0.1) is 5.56 Å². The van der Waals surface area contributed by atoms with Crippen LogP contribution in [0, 0.1) is 0 Å². The first-order valence-corrected chi connectivity index (χ1v) is 7.42. The van der Waals surface area contributed by atoms with Crippen LogP contribution in [0.2, 0.25) is 0 Å². The lowest BCUT2D eigenvalue weighted by atomic mass is 10.2. The number of unbranched alkanes of at least 4 members (excludes halogenated alkanes) is 1. The predicted octanol–water partition coefficient (Wildman–Crippen LogP) is 2.63. The maximum Gasteiger partial charge on any atom is 0.252 e. The number of rotatable bonds is 9. The van der Waals surface area contributed by atoms with Gasteiger partial charge >= 0.3 is 0 Å². The fraction of sp³-hybridized carbons (Fsp3) is 0.600. The largest absolute Gasteiger partial charge is 0.357 e. The molecule has 1 amide bonds. The number of pyridine rings is 1. The van der Waals surface area contributed by atoms with Crippen molar-refractivity contribution in [3.63, 3.8) is 0 Å². The summed E-state index contributed by atoms with van der Waals surface area (Å²) < 4.78 is 0. The van der Waals surface area contributed by atoms with Gasteiger partial charge in [-0.3, -0.25) is 4.79 Å². The summed E-state index contributed by atoms with van der Waals surface area (Å²) in [5.41, 5.74) is 6.02. The summed E-state index contributed by atoms with van der Waals surface area (Å²) in [6.07, 6.45) is 4.57. The average molecular weight is 351 g/mol. The standard InChI is InChI=1S/C15H26N4O.2ClH/c1-3-11-19(4-2)14-8-7-13(12-18-14)15(20)17-10-6-5-9-16;;/h7-8,12H,3-6,9-11,16H2,1-2H3,(H,17,20);2*1H. The van der Waals surface area contributed by atoms with Crippen LogP contribution in [-0.2, 0) is 0 Å². The number of nitrogens with one attached hydrogen (secondary N) is 1. The Bertz CT molecular complexity index is 401. The summed E-state index contributed by atoms with van der Waals surface area (Å²) >= 11 is 0. The first kappa shape index (κ1) is 23.2. The van der Waals surface area contributed by atoms with E-state index in [4.69, 9.17) is 5.73 Å². The zero-order valence-electron chi connectivity index (χ0n) is 13.4. The predicted molar refractivity (Wildman–Crippen MR) is 97.5 cm³/mol. The second-order valence-electron chi connectivity index (χ2n) is 4.74. The molecule has 0 aromatic carbocycles. The first-order valence-electron chi connectivity index (χ1n) is 7.42. The monoisotopic (exact) mass is 350 g/mol. The molecule has 5 nitrogen and oxygen atoms in total. The van der Waals surface area contributed by atoms with Crippen molar-refractivity contribution in [1.29, 1.82) is 0 Å². The van der Waals surface area contributed by atoms with Crippen molar-refractivity contribution in [2.45, 2.75) is 33.1 Å². The maximum absolute atomic E-state index is 11.9. The van der Waals surface area contributed by atoms with E-state index in [-0.39, 0.29) is 30.7 Å². The molecule has 7 heteroatoms. The fourth-order valence-corrected chi connectivity index (χ4v) is 1.99. The Hall–Kier alpha value is -1.04. The van der Waals surface area contributed by atoms with Crippen molar-refractivity contribution in [1.82, 2.24) is 10.3 Å². The summed E-state index contributed by atoms with van der Waals surface area (Å²) in [5.74, 6) is 0.855. The summed E-state index contributed by atoms with van der Waals surface area (Å²) in [7, 11) is 0. The summed E-state index contributed by atoms with van der Waals surface area (Å²) in [6, 6.07) is 3.74. The second-order valence-corrected chi connectivity index (χ2v) is 4.74. The van der Waals surface area contributed by atoms with Gasteiger partial charge in [0.15, 0.2) is 0 Å². The molecule has 0 saturated carbocycles. The molecule has 0 aliphatic carbocycles. The first-order chi connectivity index (χ1) is 9.72. The Kier molecular flexibility index (Phi) is 14.4. The zero-order chi connectivity index (χ0) is 14.8. The SMILES string of the molecule is CCCN(CC)c1ccc(C(=O)NCCCCN)cn1.Cl.Cl. The Morgan fingerprint density at radius 3 is 2.50 bits per heavy atom. The molecule has 0 radical (unpaired) electrons. The molecule has 0 fully saturated rings. The molecule has 0 aliphatic heterocycles. The average Bonchev–Trinajstić information content (AvgIpc) is 2.49. The minimum atomic E-state index is -0.0698. The van der Waals surface area contributed by atoms with Crippen LogP contribution in [-0.4, -0.2) is 37.1 Å². The van der Waals surface area contributed by atoms with E-state index in [1.54, 1.807) is 6.20 Å². The van der Waals surface area contributed by atoms with Crippen LogP contribution >= 0.6 is 24.8 Å². The molecule has 1 aromatic rings.